The molecular formula is C19H21Cl2FN2O2. The molecule has 0 aliphatic carbocycles. The number of β-amino-alcohol motifs (C(OH)–C–C–N with tert-alkyl or cyclic N) is 1. The van der Waals surface area contributed by atoms with Crippen molar-refractivity contribution < 1.29 is 14.2 Å². The first-order chi connectivity index (χ1) is 12.5. The fourth-order valence-corrected chi connectivity index (χ4v) is 3.34. The van der Waals surface area contributed by atoms with Crippen LogP contribution in [0.1, 0.15) is 0 Å². The molecule has 0 saturated carbocycles. The second-order valence-corrected chi connectivity index (χ2v) is 7.12. The summed E-state index contributed by atoms with van der Waals surface area (Å²) in [4.78, 5) is 4.17. The molecule has 1 saturated heterocycles. The van der Waals surface area contributed by atoms with Crippen molar-refractivity contribution in [3.05, 3.63) is 58.3 Å². The second kappa shape index (κ2) is 8.91. The predicted molar refractivity (Wildman–Crippen MR) is 103 cm³/mol. The maximum atomic E-state index is 13.9. The Hall–Kier alpha value is -1.53. The van der Waals surface area contributed by atoms with E-state index >= 15 is 0 Å². The normalized spacial score (nSPS) is 16.5. The van der Waals surface area contributed by atoms with Gasteiger partial charge in [0, 0.05) is 43.8 Å². The Balaban J connectivity index is 1.45. The Morgan fingerprint density at radius 2 is 1.81 bits per heavy atom. The molecule has 0 spiro atoms. The van der Waals surface area contributed by atoms with Crippen molar-refractivity contribution in [2.24, 2.45) is 0 Å². The number of rotatable bonds is 6. The van der Waals surface area contributed by atoms with Gasteiger partial charge in [0.05, 0.1) is 10.7 Å². The molecule has 1 heterocycles. The van der Waals surface area contributed by atoms with Gasteiger partial charge in [-0.15, -0.1) is 0 Å². The van der Waals surface area contributed by atoms with E-state index in [4.69, 9.17) is 27.9 Å². The van der Waals surface area contributed by atoms with Crippen LogP contribution in [0.15, 0.2) is 42.5 Å². The second-order valence-electron chi connectivity index (χ2n) is 6.28. The molecule has 0 aromatic heterocycles. The van der Waals surface area contributed by atoms with Gasteiger partial charge in [0.25, 0.3) is 0 Å². The fourth-order valence-electron chi connectivity index (χ4n) is 3.00. The van der Waals surface area contributed by atoms with Gasteiger partial charge < -0.3 is 14.7 Å². The number of aliphatic hydroxyl groups is 1. The van der Waals surface area contributed by atoms with Crippen LogP contribution >= 0.6 is 23.2 Å². The molecule has 7 heteroatoms. The molecule has 0 bridgehead atoms. The highest BCUT2D eigenvalue weighted by Gasteiger charge is 2.21. The van der Waals surface area contributed by atoms with Crippen LogP contribution in [0.5, 0.6) is 5.75 Å². The van der Waals surface area contributed by atoms with Crippen molar-refractivity contribution in [3.8, 4) is 5.75 Å². The molecule has 140 valence electrons. The monoisotopic (exact) mass is 398 g/mol. The maximum Gasteiger partial charge on any atom is 0.146 e. The van der Waals surface area contributed by atoms with E-state index in [1.165, 1.54) is 6.07 Å². The average Bonchev–Trinajstić information content (AvgIpc) is 2.64. The summed E-state index contributed by atoms with van der Waals surface area (Å²) >= 11 is 12.0. The van der Waals surface area contributed by atoms with Gasteiger partial charge in [0.2, 0.25) is 0 Å². The van der Waals surface area contributed by atoms with Crippen LogP contribution in [0.3, 0.4) is 0 Å². The minimum absolute atomic E-state index is 0.133. The molecule has 1 aliphatic rings. The number of para-hydroxylation sites is 1. The number of nitrogens with zero attached hydrogens (tertiary/aromatic N) is 2. The van der Waals surface area contributed by atoms with Gasteiger partial charge in [-0.25, -0.2) is 4.39 Å². The van der Waals surface area contributed by atoms with Gasteiger partial charge in [-0.1, -0.05) is 35.3 Å². The number of anilines is 1. The summed E-state index contributed by atoms with van der Waals surface area (Å²) in [5, 5.41) is 11.2. The molecule has 1 N–H and O–H groups in total. The lowest BCUT2D eigenvalue weighted by atomic mass is 10.2. The van der Waals surface area contributed by atoms with Crippen molar-refractivity contribution >= 4 is 28.9 Å². The molecule has 2 aromatic rings. The minimum Gasteiger partial charge on any atom is -0.489 e. The van der Waals surface area contributed by atoms with Gasteiger partial charge in [-0.05, 0) is 24.3 Å². The summed E-state index contributed by atoms with van der Waals surface area (Å²) in [5.74, 6) is 0.260. The number of hydrogen-bond donors (Lipinski definition) is 1. The number of hydrogen-bond acceptors (Lipinski definition) is 4. The van der Waals surface area contributed by atoms with E-state index in [0.29, 0.717) is 41.1 Å². The summed E-state index contributed by atoms with van der Waals surface area (Å²) in [6.07, 6.45) is -0.648. The van der Waals surface area contributed by atoms with Crippen LogP contribution in [0.25, 0.3) is 0 Å². The van der Waals surface area contributed by atoms with Crippen LogP contribution in [0.4, 0.5) is 10.1 Å². The highest BCUT2D eigenvalue weighted by Crippen LogP contribution is 2.27. The zero-order valence-electron chi connectivity index (χ0n) is 14.2. The van der Waals surface area contributed by atoms with Gasteiger partial charge in [-0.3, -0.25) is 4.90 Å². The third-order valence-electron chi connectivity index (χ3n) is 4.36. The summed E-state index contributed by atoms with van der Waals surface area (Å²) in [6.45, 7) is 3.56. The molecule has 1 aliphatic heterocycles. The molecule has 0 radical (unpaired) electrons. The maximum absolute atomic E-state index is 13.9. The molecule has 0 amide bonds. The predicted octanol–water partition coefficient (Wildman–Crippen LogP) is 3.69. The summed E-state index contributed by atoms with van der Waals surface area (Å²) < 4.78 is 19.4. The zero-order chi connectivity index (χ0) is 18.5. The first-order valence-electron chi connectivity index (χ1n) is 8.50. The van der Waals surface area contributed by atoms with E-state index < -0.39 is 6.10 Å². The number of halogens is 3. The number of ether oxygens (including phenoxy) is 1. The van der Waals surface area contributed by atoms with Crippen molar-refractivity contribution in [1.82, 2.24) is 4.90 Å². The molecule has 26 heavy (non-hydrogen) atoms. The molecule has 1 fully saturated rings. The van der Waals surface area contributed by atoms with Gasteiger partial charge in [-0.2, -0.15) is 0 Å². The SMILES string of the molecule is O[C@@H](COc1cc(Cl)ccc1Cl)CN1CCN(c2ccccc2F)CC1. The van der Waals surface area contributed by atoms with E-state index in [2.05, 4.69) is 4.90 Å². The van der Waals surface area contributed by atoms with E-state index in [0.717, 1.165) is 13.1 Å². The lowest BCUT2D eigenvalue weighted by Gasteiger charge is -2.36. The van der Waals surface area contributed by atoms with Gasteiger partial charge in [0.15, 0.2) is 0 Å². The van der Waals surface area contributed by atoms with E-state index in [-0.39, 0.29) is 12.4 Å². The quantitative estimate of drug-likeness (QED) is 0.804. The van der Waals surface area contributed by atoms with Gasteiger partial charge in [0.1, 0.15) is 24.3 Å². The van der Waals surface area contributed by atoms with Crippen molar-refractivity contribution in [3.63, 3.8) is 0 Å². The van der Waals surface area contributed by atoms with Crippen LogP contribution in [0.2, 0.25) is 10.0 Å². The molecule has 1 atom stereocenters. The Morgan fingerprint density at radius 1 is 1.08 bits per heavy atom. The molecule has 0 unspecified atom stereocenters. The average molecular weight is 399 g/mol. The van der Waals surface area contributed by atoms with E-state index in [9.17, 15) is 9.50 Å². The fraction of sp³-hybridized carbons (Fsp3) is 0.368. The molecule has 4 nitrogen and oxygen atoms in total. The Kier molecular flexibility index (Phi) is 6.59. The molecular weight excluding hydrogens is 378 g/mol. The van der Waals surface area contributed by atoms with Crippen molar-refractivity contribution in [1.29, 1.82) is 0 Å². The first-order valence-corrected chi connectivity index (χ1v) is 9.26. The zero-order valence-corrected chi connectivity index (χ0v) is 15.8. The number of piperazine rings is 1. The third-order valence-corrected chi connectivity index (χ3v) is 4.91. The third kappa shape index (κ3) is 5.01. The van der Waals surface area contributed by atoms with E-state index in [1.807, 2.05) is 11.0 Å². The Labute approximate surface area is 162 Å². The Bertz CT molecular complexity index is 739. The van der Waals surface area contributed by atoms with E-state index in [1.54, 1.807) is 30.3 Å². The number of benzene rings is 2. The highest BCUT2D eigenvalue weighted by molar-refractivity contribution is 6.34. The Morgan fingerprint density at radius 3 is 2.54 bits per heavy atom. The van der Waals surface area contributed by atoms with Crippen LogP contribution < -0.4 is 9.64 Å². The van der Waals surface area contributed by atoms with Crippen molar-refractivity contribution in [2.45, 2.75) is 6.10 Å². The molecule has 2 aromatic carbocycles. The lowest BCUT2D eigenvalue weighted by molar-refractivity contribution is 0.0663. The lowest BCUT2D eigenvalue weighted by Crippen LogP contribution is -2.49. The van der Waals surface area contributed by atoms with Crippen LogP contribution in [0, 0.1) is 5.82 Å². The largest absolute Gasteiger partial charge is 0.489 e. The summed E-state index contributed by atoms with van der Waals surface area (Å²) in [7, 11) is 0. The minimum atomic E-state index is -0.648. The standard InChI is InChI=1S/C19H21Cl2FN2O2/c20-14-5-6-16(21)19(11-14)26-13-15(25)12-23-7-9-24(10-8-23)18-4-2-1-3-17(18)22/h1-6,11,15,25H,7-10,12-13H2/t15-/m1/s1. The van der Waals surface area contributed by atoms with Crippen LogP contribution in [-0.4, -0.2) is 55.4 Å². The highest BCUT2D eigenvalue weighted by atomic mass is 35.5. The summed E-state index contributed by atoms with van der Waals surface area (Å²) in [5.41, 5.74) is 0.631. The smallest absolute Gasteiger partial charge is 0.146 e. The van der Waals surface area contributed by atoms with Crippen LogP contribution in [-0.2, 0) is 0 Å². The van der Waals surface area contributed by atoms with Crippen molar-refractivity contribution in [2.75, 3.05) is 44.2 Å². The topological polar surface area (TPSA) is 35.9 Å². The molecule has 3 rings (SSSR count). The van der Waals surface area contributed by atoms with Gasteiger partial charge >= 0.3 is 0 Å². The first kappa shape index (κ1) is 19.2. The number of aliphatic hydroxyl groups excluding tert-OH is 1. The summed E-state index contributed by atoms with van der Waals surface area (Å²) in [6, 6.07) is 11.8.